The molecule has 2 heterocycles. The van der Waals surface area contributed by atoms with E-state index in [0.29, 0.717) is 6.42 Å². The molecule has 0 aliphatic carbocycles. The summed E-state index contributed by atoms with van der Waals surface area (Å²) in [5.41, 5.74) is 1.01. The zero-order chi connectivity index (χ0) is 15.8. The van der Waals surface area contributed by atoms with Gasteiger partial charge in [-0.1, -0.05) is 37.3 Å². The van der Waals surface area contributed by atoms with Crippen LogP contribution in [0.5, 0.6) is 0 Å². The van der Waals surface area contributed by atoms with Gasteiger partial charge in [0, 0.05) is 30.7 Å². The first kappa shape index (κ1) is 16.0. The summed E-state index contributed by atoms with van der Waals surface area (Å²) in [6, 6.07) is 10.8. The van der Waals surface area contributed by atoms with Gasteiger partial charge in [-0.15, -0.1) is 0 Å². The first-order valence-electron chi connectivity index (χ1n) is 8.53. The van der Waals surface area contributed by atoms with E-state index in [1.54, 1.807) is 0 Å². The van der Waals surface area contributed by atoms with E-state index in [-0.39, 0.29) is 17.6 Å². The van der Waals surface area contributed by atoms with E-state index in [4.69, 9.17) is 0 Å². The van der Waals surface area contributed by atoms with Gasteiger partial charge in [-0.05, 0) is 44.6 Å². The quantitative estimate of drug-likeness (QED) is 0.902. The van der Waals surface area contributed by atoms with Crippen LogP contribution in [0.25, 0.3) is 0 Å². The summed E-state index contributed by atoms with van der Waals surface area (Å²) in [6.07, 6.45) is 4.32. The number of nitrogens with zero attached hydrogens (tertiary/aromatic N) is 1. The van der Waals surface area contributed by atoms with E-state index < -0.39 is 5.60 Å². The first-order chi connectivity index (χ1) is 10.4. The Kier molecular flexibility index (Phi) is 4.09. The lowest BCUT2D eigenvalue weighted by molar-refractivity contribution is -0.114. The standard InChI is InChI=1S/C19H29NO2/c1-17(16-6-4-3-5-7-16)8-9-18(2)14-19(22,11-13-21)10-12-20(18)15-17/h3-7,21-22H,8-15H2,1-2H3. The third kappa shape index (κ3) is 2.82. The maximum Gasteiger partial charge on any atom is 0.0699 e. The Labute approximate surface area is 134 Å². The van der Waals surface area contributed by atoms with Crippen LogP contribution in [-0.2, 0) is 5.41 Å². The first-order valence-corrected chi connectivity index (χ1v) is 8.53. The van der Waals surface area contributed by atoms with Crippen LogP contribution in [0.1, 0.15) is 51.5 Å². The van der Waals surface area contributed by atoms with Gasteiger partial charge in [-0.3, -0.25) is 4.90 Å². The highest BCUT2D eigenvalue weighted by Gasteiger charge is 2.50. The van der Waals surface area contributed by atoms with Crippen molar-refractivity contribution in [3.63, 3.8) is 0 Å². The molecule has 2 aliphatic rings. The monoisotopic (exact) mass is 303 g/mol. The average Bonchev–Trinajstić information content (AvgIpc) is 2.49. The SMILES string of the molecule is CC1(c2ccccc2)CCC2(C)CC(O)(CCO)CCN2C1. The molecule has 22 heavy (non-hydrogen) atoms. The molecule has 2 N–H and O–H groups in total. The number of fused-ring (bicyclic) bond motifs is 1. The van der Waals surface area contributed by atoms with Gasteiger partial charge >= 0.3 is 0 Å². The molecule has 0 saturated carbocycles. The Balaban J connectivity index is 1.78. The number of aliphatic hydroxyl groups excluding tert-OH is 1. The summed E-state index contributed by atoms with van der Waals surface area (Å²) in [5.74, 6) is 0. The van der Waals surface area contributed by atoms with E-state index in [1.807, 2.05) is 0 Å². The second-order valence-corrected chi connectivity index (χ2v) is 7.97. The lowest BCUT2D eigenvalue weighted by atomic mass is 9.65. The van der Waals surface area contributed by atoms with Crippen LogP contribution in [0.15, 0.2) is 30.3 Å². The molecule has 122 valence electrons. The van der Waals surface area contributed by atoms with Crippen molar-refractivity contribution in [2.24, 2.45) is 0 Å². The van der Waals surface area contributed by atoms with E-state index in [1.165, 1.54) is 5.56 Å². The van der Waals surface area contributed by atoms with Gasteiger partial charge in [0.25, 0.3) is 0 Å². The molecule has 2 aliphatic heterocycles. The maximum atomic E-state index is 10.7. The number of rotatable bonds is 3. The van der Waals surface area contributed by atoms with Crippen LogP contribution in [0.3, 0.4) is 0 Å². The lowest BCUT2D eigenvalue weighted by Gasteiger charge is -2.57. The molecule has 3 rings (SSSR count). The van der Waals surface area contributed by atoms with Crippen molar-refractivity contribution in [1.29, 1.82) is 0 Å². The summed E-state index contributed by atoms with van der Waals surface area (Å²) in [6.45, 7) is 6.72. The number of aliphatic hydroxyl groups is 2. The van der Waals surface area contributed by atoms with E-state index in [9.17, 15) is 10.2 Å². The predicted molar refractivity (Wildman–Crippen MR) is 88.9 cm³/mol. The van der Waals surface area contributed by atoms with Crippen molar-refractivity contribution in [3.05, 3.63) is 35.9 Å². The fourth-order valence-corrected chi connectivity index (χ4v) is 4.58. The molecule has 0 amide bonds. The third-order valence-electron chi connectivity index (χ3n) is 6.12. The molecule has 2 fully saturated rings. The van der Waals surface area contributed by atoms with Crippen molar-refractivity contribution in [2.75, 3.05) is 19.7 Å². The van der Waals surface area contributed by atoms with E-state index >= 15 is 0 Å². The smallest absolute Gasteiger partial charge is 0.0699 e. The van der Waals surface area contributed by atoms with E-state index in [2.05, 4.69) is 49.1 Å². The van der Waals surface area contributed by atoms with Crippen molar-refractivity contribution in [3.8, 4) is 0 Å². The number of hydrogen-bond acceptors (Lipinski definition) is 3. The Bertz CT molecular complexity index is 519. The van der Waals surface area contributed by atoms with Gasteiger partial charge in [-0.2, -0.15) is 0 Å². The summed E-state index contributed by atoms with van der Waals surface area (Å²) in [5, 5.41) is 20.0. The van der Waals surface area contributed by atoms with Crippen molar-refractivity contribution < 1.29 is 10.2 Å². The van der Waals surface area contributed by atoms with Gasteiger partial charge in [0.15, 0.2) is 0 Å². The largest absolute Gasteiger partial charge is 0.396 e. The Hall–Kier alpha value is -0.900. The van der Waals surface area contributed by atoms with Crippen molar-refractivity contribution in [1.82, 2.24) is 4.90 Å². The van der Waals surface area contributed by atoms with Gasteiger partial charge in [0.2, 0.25) is 0 Å². The van der Waals surface area contributed by atoms with Crippen LogP contribution in [0.2, 0.25) is 0 Å². The maximum absolute atomic E-state index is 10.7. The van der Waals surface area contributed by atoms with Crippen molar-refractivity contribution in [2.45, 2.75) is 62.5 Å². The molecule has 1 aromatic carbocycles. The van der Waals surface area contributed by atoms with Crippen LogP contribution in [0, 0.1) is 0 Å². The zero-order valence-electron chi connectivity index (χ0n) is 13.9. The average molecular weight is 303 g/mol. The fourth-order valence-electron chi connectivity index (χ4n) is 4.58. The van der Waals surface area contributed by atoms with Crippen LogP contribution >= 0.6 is 0 Å². The lowest BCUT2D eigenvalue weighted by Crippen LogP contribution is -2.63. The molecule has 0 bridgehead atoms. The molecule has 3 unspecified atom stereocenters. The van der Waals surface area contributed by atoms with E-state index in [0.717, 1.165) is 38.8 Å². The minimum absolute atomic E-state index is 0.0659. The van der Waals surface area contributed by atoms with Gasteiger partial charge in [0.1, 0.15) is 0 Å². The molecular weight excluding hydrogens is 274 g/mol. The highest BCUT2D eigenvalue weighted by Crippen LogP contribution is 2.47. The van der Waals surface area contributed by atoms with Crippen molar-refractivity contribution >= 4 is 0 Å². The molecule has 3 nitrogen and oxygen atoms in total. The predicted octanol–water partition coefficient (Wildman–Crippen LogP) is 2.71. The number of benzene rings is 1. The minimum Gasteiger partial charge on any atom is -0.396 e. The minimum atomic E-state index is -0.680. The second-order valence-electron chi connectivity index (χ2n) is 7.97. The summed E-state index contributed by atoms with van der Waals surface area (Å²) < 4.78 is 0. The topological polar surface area (TPSA) is 43.7 Å². The van der Waals surface area contributed by atoms with Crippen LogP contribution < -0.4 is 0 Å². The Morgan fingerprint density at radius 1 is 1.09 bits per heavy atom. The fraction of sp³-hybridized carbons (Fsp3) is 0.684. The van der Waals surface area contributed by atoms with Crippen LogP contribution in [-0.4, -0.2) is 45.9 Å². The summed E-state index contributed by atoms with van der Waals surface area (Å²) in [7, 11) is 0. The van der Waals surface area contributed by atoms with Gasteiger partial charge in [-0.25, -0.2) is 0 Å². The molecule has 2 saturated heterocycles. The molecular formula is C19H29NO2. The van der Waals surface area contributed by atoms with Gasteiger partial charge in [0.05, 0.1) is 5.60 Å². The second kappa shape index (κ2) is 5.63. The molecule has 0 aromatic heterocycles. The Morgan fingerprint density at radius 3 is 2.50 bits per heavy atom. The third-order valence-corrected chi connectivity index (χ3v) is 6.12. The zero-order valence-corrected chi connectivity index (χ0v) is 13.9. The molecule has 0 spiro atoms. The molecule has 3 heteroatoms. The highest BCUT2D eigenvalue weighted by atomic mass is 16.3. The van der Waals surface area contributed by atoms with Crippen LogP contribution in [0.4, 0.5) is 0 Å². The molecule has 1 aromatic rings. The highest BCUT2D eigenvalue weighted by molar-refractivity contribution is 5.27. The van der Waals surface area contributed by atoms with Gasteiger partial charge < -0.3 is 10.2 Å². The molecule has 0 radical (unpaired) electrons. The normalized spacial score (nSPS) is 39.5. The number of hydrogen-bond donors (Lipinski definition) is 2. The molecule has 3 atom stereocenters. The summed E-state index contributed by atoms with van der Waals surface area (Å²) in [4.78, 5) is 2.58. The number of piperidine rings is 2. The summed E-state index contributed by atoms with van der Waals surface area (Å²) >= 11 is 0. The Morgan fingerprint density at radius 2 is 1.82 bits per heavy atom.